The molecule has 0 amide bonds. The lowest BCUT2D eigenvalue weighted by atomic mass is 9.88. The Morgan fingerprint density at radius 1 is 1.00 bits per heavy atom. The molecule has 0 atom stereocenters. The monoisotopic (exact) mass is 205 g/mol. The molecule has 78 valence electrons. The Hall–Kier alpha value is 0.210. The molecule has 2 fully saturated rings. The average molecular weight is 206 g/mol. The quantitative estimate of drug-likeness (QED) is 0.759. The summed E-state index contributed by atoms with van der Waals surface area (Å²) in [6.07, 6.45) is 5.49. The van der Waals surface area contributed by atoms with Crippen molar-refractivity contribution in [3.05, 3.63) is 0 Å². The zero-order valence-corrected chi connectivity index (χ0v) is 8.94. The van der Waals surface area contributed by atoms with Gasteiger partial charge in [0.05, 0.1) is 0 Å². The fourth-order valence-corrected chi connectivity index (χ4v) is 2.06. The van der Waals surface area contributed by atoms with Gasteiger partial charge in [-0.2, -0.15) is 0 Å². The van der Waals surface area contributed by atoms with Crippen molar-refractivity contribution in [3.63, 3.8) is 0 Å². The van der Waals surface area contributed by atoms with E-state index in [0.29, 0.717) is 0 Å². The van der Waals surface area contributed by atoms with Gasteiger partial charge in [0.2, 0.25) is 0 Å². The molecular weight excluding hydrogens is 186 g/mol. The molecule has 2 heterocycles. The lowest BCUT2D eigenvalue weighted by Crippen LogP contribution is -2.42. The fraction of sp³-hybridized carbons (Fsp3) is 1.00. The van der Waals surface area contributed by atoms with Crippen molar-refractivity contribution < 1.29 is 4.74 Å². The summed E-state index contributed by atoms with van der Waals surface area (Å²) in [5.41, 5.74) is 0. The number of hydrogen-bond acceptors (Lipinski definition) is 2. The third-order valence-corrected chi connectivity index (χ3v) is 3.19. The van der Waals surface area contributed by atoms with Crippen LogP contribution >= 0.6 is 12.4 Å². The molecule has 3 heteroatoms. The first-order valence-corrected chi connectivity index (χ1v) is 5.23. The number of ether oxygens (including phenoxy) is 1. The number of halogens is 1. The van der Waals surface area contributed by atoms with Crippen molar-refractivity contribution in [3.8, 4) is 0 Å². The molecule has 0 aliphatic carbocycles. The van der Waals surface area contributed by atoms with E-state index >= 15 is 0 Å². The van der Waals surface area contributed by atoms with Gasteiger partial charge in [-0.25, -0.2) is 0 Å². The van der Waals surface area contributed by atoms with Gasteiger partial charge in [0, 0.05) is 13.2 Å². The highest BCUT2D eigenvalue weighted by atomic mass is 35.5. The van der Waals surface area contributed by atoms with E-state index in [0.717, 1.165) is 25.0 Å². The second kappa shape index (κ2) is 5.84. The van der Waals surface area contributed by atoms with Crippen LogP contribution in [0.3, 0.4) is 0 Å². The van der Waals surface area contributed by atoms with Crippen LogP contribution in [-0.4, -0.2) is 26.3 Å². The van der Waals surface area contributed by atoms with E-state index in [2.05, 4.69) is 5.32 Å². The topological polar surface area (TPSA) is 21.3 Å². The van der Waals surface area contributed by atoms with Crippen LogP contribution < -0.4 is 5.32 Å². The van der Waals surface area contributed by atoms with Gasteiger partial charge in [0.15, 0.2) is 0 Å². The Labute approximate surface area is 86.8 Å². The molecule has 0 aromatic carbocycles. The van der Waals surface area contributed by atoms with E-state index < -0.39 is 0 Å². The number of nitrogens with one attached hydrogen (secondary N) is 1. The molecule has 2 saturated heterocycles. The Morgan fingerprint density at radius 2 is 1.62 bits per heavy atom. The largest absolute Gasteiger partial charge is 0.381 e. The molecule has 1 N–H and O–H groups in total. The zero-order chi connectivity index (χ0) is 8.23. The lowest BCUT2D eigenvalue weighted by molar-refractivity contribution is 0.0609. The Morgan fingerprint density at radius 3 is 2.15 bits per heavy atom. The summed E-state index contributed by atoms with van der Waals surface area (Å²) in [6, 6.07) is 0. The highest BCUT2D eigenvalue weighted by Crippen LogP contribution is 2.23. The molecule has 0 spiro atoms. The number of rotatable bonds is 3. The van der Waals surface area contributed by atoms with E-state index in [1.54, 1.807) is 0 Å². The van der Waals surface area contributed by atoms with Crippen LogP contribution in [0.1, 0.15) is 25.7 Å². The molecule has 2 aliphatic heterocycles. The van der Waals surface area contributed by atoms with Gasteiger partial charge < -0.3 is 10.1 Å². The third-order valence-electron chi connectivity index (χ3n) is 3.19. The second-order valence-electron chi connectivity index (χ2n) is 4.16. The van der Waals surface area contributed by atoms with Crippen LogP contribution in [0.5, 0.6) is 0 Å². The van der Waals surface area contributed by atoms with E-state index in [1.807, 2.05) is 0 Å². The van der Waals surface area contributed by atoms with Crippen molar-refractivity contribution in [2.75, 3.05) is 26.3 Å². The summed E-state index contributed by atoms with van der Waals surface area (Å²) in [4.78, 5) is 0. The summed E-state index contributed by atoms with van der Waals surface area (Å²) < 4.78 is 5.33. The predicted octanol–water partition coefficient (Wildman–Crippen LogP) is 1.83. The molecular formula is C10H20ClNO. The number of hydrogen-bond donors (Lipinski definition) is 1. The maximum Gasteiger partial charge on any atom is 0.0468 e. The Balaban J connectivity index is 0.000000845. The normalized spacial score (nSPS) is 24.9. The summed E-state index contributed by atoms with van der Waals surface area (Å²) in [6.45, 7) is 4.55. The minimum atomic E-state index is 0. The minimum absolute atomic E-state index is 0. The molecule has 2 aliphatic rings. The van der Waals surface area contributed by atoms with Gasteiger partial charge in [-0.15, -0.1) is 12.4 Å². The van der Waals surface area contributed by atoms with Gasteiger partial charge in [-0.05, 0) is 50.6 Å². The third kappa shape index (κ3) is 3.45. The first-order chi connectivity index (χ1) is 5.95. The second-order valence-corrected chi connectivity index (χ2v) is 4.16. The van der Waals surface area contributed by atoms with Gasteiger partial charge in [0.1, 0.15) is 0 Å². The summed E-state index contributed by atoms with van der Waals surface area (Å²) in [5.74, 6) is 1.96. The minimum Gasteiger partial charge on any atom is -0.381 e. The maximum atomic E-state index is 5.33. The van der Waals surface area contributed by atoms with Crippen molar-refractivity contribution in [1.29, 1.82) is 0 Å². The van der Waals surface area contributed by atoms with E-state index in [1.165, 1.54) is 38.8 Å². The molecule has 0 radical (unpaired) electrons. The molecule has 0 saturated carbocycles. The Kier molecular flexibility index (Phi) is 5.07. The summed E-state index contributed by atoms with van der Waals surface area (Å²) in [5, 5.41) is 3.32. The molecule has 0 aromatic heterocycles. The molecule has 0 unspecified atom stereocenters. The van der Waals surface area contributed by atoms with Crippen molar-refractivity contribution >= 4 is 12.4 Å². The van der Waals surface area contributed by atoms with Crippen LogP contribution in [0, 0.1) is 11.8 Å². The molecule has 2 rings (SSSR count). The van der Waals surface area contributed by atoms with Crippen LogP contribution in [0.4, 0.5) is 0 Å². The van der Waals surface area contributed by atoms with Gasteiger partial charge in [-0.3, -0.25) is 0 Å². The zero-order valence-electron chi connectivity index (χ0n) is 8.13. The first-order valence-electron chi connectivity index (χ1n) is 5.23. The molecule has 0 aromatic rings. The lowest BCUT2D eigenvalue weighted by Gasteiger charge is -2.29. The summed E-state index contributed by atoms with van der Waals surface area (Å²) in [7, 11) is 0. The van der Waals surface area contributed by atoms with Gasteiger partial charge in [0.25, 0.3) is 0 Å². The van der Waals surface area contributed by atoms with Crippen LogP contribution in [0.2, 0.25) is 0 Å². The van der Waals surface area contributed by atoms with Crippen molar-refractivity contribution in [2.45, 2.75) is 25.7 Å². The Bertz CT molecular complexity index is 133. The standard InChI is InChI=1S/C10H19NO.ClH/c1(2-10-7-11-8-10)9-3-5-12-6-4-9;/h9-11H,1-8H2;1H. The van der Waals surface area contributed by atoms with Gasteiger partial charge in [-0.1, -0.05) is 0 Å². The highest BCUT2D eigenvalue weighted by Gasteiger charge is 2.19. The highest BCUT2D eigenvalue weighted by molar-refractivity contribution is 5.85. The van der Waals surface area contributed by atoms with Crippen molar-refractivity contribution in [1.82, 2.24) is 5.32 Å². The van der Waals surface area contributed by atoms with E-state index in [-0.39, 0.29) is 12.4 Å². The van der Waals surface area contributed by atoms with E-state index in [9.17, 15) is 0 Å². The van der Waals surface area contributed by atoms with Crippen LogP contribution in [0.25, 0.3) is 0 Å². The smallest absolute Gasteiger partial charge is 0.0468 e. The summed E-state index contributed by atoms with van der Waals surface area (Å²) >= 11 is 0. The van der Waals surface area contributed by atoms with Crippen LogP contribution in [-0.2, 0) is 4.74 Å². The fourth-order valence-electron chi connectivity index (χ4n) is 2.06. The maximum absolute atomic E-state index is 5.33. The predicted molar refractivity (Wildman–Crippen MR) is 56.4 cm³/mol. The first kappa shape index (κ1) is 11.3. The van der Waals surface area contributed by atoms with Gasteiger partial charge >= 0.3 is 0 Å². The molecule has 13 heavy (non-hydrogen) atoms. The van der Waals surface area contributed by atoms with E-state index in [4.69, 9.17) is 4.74 Å². The van der Waals surface area contributed by atoms with Crippen LogP contribution in [0.15, 0.2) is 0 Å². The van der Waals surface area contributed by atoms with Crippen molar-refractivity contribution in [2.24, 2.45) is 11.8 Å². The average Bonchev–Trinajstić information content (AvgIpc) is 2.04. The molecule has 2 nitrogen and oxygen atoms in total. The molecule has 0 bridgehead atoms. The SMILES string of the molecule is C1CC(CCC2CNC2)CCO1.Cl.